The van der Waals surface area contributed by atoms with Crippen molar-refractivity contribution >= 4 is 11.8 Å². The maximum absolute atomic E-state index is 5.59. The van der Waals surface area contributed by atoms with Gasteiger partial charge in [-0.3, -0.25) is 0 Å². The lowest BCUT2D eigenvalue weighted by Gasteiger charge is -2.09. The third kappa shape index (κ3) is 2.47. The van der Waals surface area contributed by atoms with Gasteiger partial charge in [0.2, 0.25) is 5.95 Å². The van der Waals surface area contributed by atoms with Gasteiger partial charge in [-0.15, -0.1) is 0 Å². The summed E-state index contributed by atoms with van der Waals surface area (Å²) in [5.74, 6) is 1.36. The van der Waals surface area contributed by atoms with E-state index in [1.807, 2.05) is 13.8 Å². The van der Waals surface area contributed by atoms with Crippen LogP contribution in [0, 0.1) is 0 Å². The van der Waals surface area contributed by atoms with E-state index in [1.165, 1.54) is 7.11 Å². The van der Waals surface area contributed by atoms with Gasteiger partial charge in [0.25, 0.3) is 0 Å². The van der Waals surface area contributed by atoms with Crippen LogP contribution < -0.4 is 15.8 Å². The van der Waals surface area contributed by atoms with Gasteiger partial charge in [-0.05, 0) is 13.8 Å². The quantitative estimate of drug-likeness (QED) is 0.726. The number of anilines is 2. The van der Waals surface area contributed by atoms with Crippen molar-refractivity contribution in [1.29, 1.82) is 0 Å². The summed E-state index contributed by atoms with van der Waals surface area (Å²) in [6.07, 6.45) is 1.55. The fourth-order valence-electron chi connectivity index (χ4n) is 0.869. The lowest BCUT2D eigenvalue weighted by Crippen LogP contribution is -2.13. The zero-order valence-electron chi connectivity index (χ0n) is 8.03. The lowest BCUT2D eigenvalue weighted by atomic mass is 10.4. The molecule has 0 radical (unpaired) electrons. The van der Waals surface area contributed by atoms with Crippen molar-refractivity contribution in [3.63, 3.8) is 0 Å². The highest BCUT2D eigenvalue weighted by Gasteiger charge is 2.03. The van der Waals surface area contributed by atoms with Gasteiger partial charge in [0.1, 0.15) is 0 Å². The minimum Gasteiger partial charge on any atom is -0.491 e. The molecule has 0 bridgehead atoms. The molecule has 13 heavy (non-hydrogen) atoms. The van der Waals surface area contributed by atoms with Crippen LogP contribution in [0.1, 0.15) is 13.8 Å². The van der Waals surface area contributed by atoms with Gasteiger partial charge in [0.05, 0.1) is 13.3 Å². The number of rotatable bonds is 3. The first-order chi connectivity index (χ1) is 6.13. The first-order valence-corrected chi connectivity index (χ1v) is 4.06. The van der Waals surface area contributed by atoms with Crippen LogP contribution in [0.3, 0.4) is 0 Å². The van der Waals surface area contributed by atoms with Crippen LogP contribution in [-0.4, -0.2) is 23.1 Å². The summed E-state index contributed by atoms with van der Waals surface area (Å²) in [5, 5.41) is 3.04. The van der Waals surface area contributed by atoms with Crippen molar-refractivity contribution < 1.29 is 4.74 Å². The Morgan fingerprint density at radius 2 is 2.23 bits per heavy atom. The monoisotopic (exact) mass is 182 g/mol. The van der Waals surface area contributed by atoms with Crippen molar-refractivity contribution in [3.8, 4) is 5.75 Å². The van der Waals surface area contributed by atoms with Gasteiger partial charge < -0.3 is 15.8 Å². The van der Waals surface area contributed by atoms with Gasteiger partial charge in [-0.2, -0.15) is 4.98 Å². The molecule has 0 saturated carbocycles. The van der Waals surface area contributed by atoms with E-state index in [0.29, 0.717) is 17.5 Å². The Morgan fingerprint density at radius 1 is 1.54 bits per heavy atom. The van der Waals surface area contributed by atoms with Crippen LogP contribution in [0.25, 0.3) is 0 Å². The summed E-state index contributed by atoms with van der Waals surface area (Å²) in [5.41, 5.74) is 5.59. The van der Waals surface area contributed by atoms with Gasteiger partial charge in [0.15, 0.2) is 11.6 Å². The van der Waals surface area contributed by atoms with E-state index in [0.717, 1.165) is 0 Å². The third-order valence-electron chi connectivity index (χ3n) is 1.42. The van der Waals surface area contributed by atoms with Gasteiger partial charge in [-0.25, -0.2) is 4.98 Å². The molecule has 5 heteroatoms. The molecular weight excluding hydrogens is 168 g/mol. The molecule has 0 fully saturated rings. The summed E-state index contributed by atoms with van der Waals surface area (Å²) in [4.78, 5) is 8.04. The van der Waals surface area contributed by atoms with E-state index in [1.54, 1.807) is 6.20 Å². The van der Waals surface area contributed by atoms with Crippen molar-refractivity contribution in [1.82, 2.24) is 9.97 Å². The second-order valence-electron chi connectivity index (χ2n) is 2.95. The van der Waals surface area contributed by atoms with Crippen molar-refractivity contribution in [3.05, 3.63) is 6.20 Å². The maximum atomic E-state index is 5.59. The number of nitrogens with zero attached hydrogens (tertiary/aromatic N) is 2. The lowest BCUT2D eigenvalue weighted by molar-refractivity contribution is 0.413. The minimum atomic E-state index is 0.285. The largest absolute Gasteiger partial charge is 0.491 e. The molecule has 1 aromatic rings. The standard InChI is InChI=1S/C8H14N4O/c1-5(2)11-8-10-4-6(13-3)7(9)12-8/h4-5H,1-3H3,(H3,9,10,11,12). The Hall–Kier alpha value is -1.52. The molecule has 0 aliphatic carbocycles. The predicted molar refractivity (Wildman–Crippen MR) is 51.8 cm³/mol. The number of ether oxygens (including phenoxy) is 1. The summed E-state index contributed by atoms with van der Waals surface area (Å²) < 4.78 is 4.93. The second-order valence-corrected chi connectivity index (χ2v) is 2.95. The van der Waals surface area contributed by atoms with Crippen molar-refractivity contribution in [2.24, 2.45) is 0 Å². The number of aromatic nitrogens is 2. The first-order valence-electron chi connectivity index (χ1n) is 4.06. The minimum absolute atomic E-state index is 0.285. The molecule has 0 amide bonds. The Kier molecular flexibility index (Phi) is 2.89. The molecule has 1 rings (SSSR count). The van der Waals surface area contributed by atoms with Crippen LogP contribution in [0.2, 0.25) is 0 Å². The Bertz CT molecular complexity index is 287. The smallest absolute Gasteiger partial charge is 0.225 e. The van der Waals surface area contributed by atoms with Gasteiger partial charge in [0, 0.05) is 6.04 Å². The van der Waals surface area contributed by atoms with Crippen LogP contribution in [0.15, 0.2) is 6.20 Å². The highest BCUT2D eigenvalue weighted by atomic mass is 16.5. The maximum Gasteiger partial charge on any atom is 0.225 e. The van der Waals surface area contributed by atoms with E-state index >= 15 is 0 Å². The fourth-order valence-corrected chi connectivity index (χ4v) is 0.869. The van der Waals surface area contributed by atoms with E-state index in [2.05, 4.69) is 15.3 Å². The van der Waals surface area contributed by atoms with Crippen LogP contribution in [0.5, 0.6) is 5.75 Å². The van der Waals surface area contributed by atoms with Crippen LogP contribution in [0.4, 0.5) is 11.8 Å². The van der Waals surface area contributed by atoms with Crippen LogP contribution >= 0.6 is 0 Å². The van der Waals surface area contributed by atoms with Crippen LogP contribution in [-0.2, 0) is 0 Å². The topological polar surface area (TPSA) is 73.1 Å². The summed E-state index contributed by atoms with van der Waals surface area (Å²) >= 11 is 0. The number of hydrogen-bond acceptors (Lipinski definition) is 5. The third-order valence-corrected chi connectivity index (χ3v) is 1.42. The zero-order chi connectivity index (χ0) is 9.84. The highest BCUT2D eigenvalue weighted by molar-refractivity contribution is 5.47. The zero-order valence-corrected chi connectivity index (χ0v) is 8.03. The molecule has 5 nitrogen and oxygen atoms in total. The molecule has 0 aromatic carbocycles. The molecule has 0 aliphatic rings. The molecule has 0 spiro atoms. The summed E-state index contributed by atoms with van der Waals surface area (Å²) in [7, 11) is 1.53. The average molecular weight is 182 g/mol. The Labute approximate surface area is 77.3 Å². The SMILES string of the molecule is COc1cnc(NC(C)C)nc1N. The summed E-state index contributed by atoms with van der Waals surface area (Å²) in [6.45, 7) is 4.01. The normalized spacial score (nSPS) is 10.2. The fraction of sp³-hybridized carbons (Fsp3) is 0.500. The molecule has 0 saturated heterocycles. The van der Waals surface area contributed by atoms with Crippen molar-refractivity contribution in [2.75, 3.05) is 18.2 Å². The van der Waals surface area contributed by atoms with Gasteiger partial charge >= 0.3 is 0 Å². The molecule has 0 aliphatic heterocycles. The van der Waals surface area contributed by atoms with E-state index in [-0.39, 0.29) is 6.04 Å². The van der Waals surface area contributed by atoms with Gasteiger partial charge in [-0.1, -0.05) is 0 Å². The molecule has 3 N–H and O–H groups in total. The summed E-state index contributed by atoms with van der Waals surface area (Å²) in [6, 6.07) is 0.285. The number of nitrogen functional groups attached to an aromatic ring is 1. The molecule has 1 aromatic heterocycles. The van der Waals surface area contributed by atoms with E-state index in [9.17, 15) is 0 Å². The first kappa shape index (κ1) is 9.57. The Balaban J connectivity index is 2.83. The average Bonchev–Trinajstić information content (AvgIpc) is 2.03. The molecule has 0 unspecified atom stereocenters. The molecular formula is C8H14N4O. The highest BCUT2D eigenvalue weighted by Crippen LogP contribution is 2.17. The number of nitrogens with one attached hydrogen (secondary N) is 1. The predicted octanol–water partition coefficient (Wildman–Crippen LogP) is 0.888. The Morgan fingerprint density at radius 3 is 2.69 bits per heavy atom. The molecule has 0 atom stereocenters. The van der Waals surface area contributed by atoms with E-state index in [4.69, 9.17) is 10.5 Å². The second kappa shape index (κ2) is 3.93. The number of methoxy groups -OCH3 is 1. The number of hydrogen-bond donors (Lipinski definition) is 2. The van der Waals surface area contributed by atoms with E-state index < -0.39 is 0 Å². The molecule has 72 valence electrons. The molecule has 1 heterocycles. The number of nitrogens with two attached hydrogens (primary N) is 1. The van der Waals surface area contributed by atoms with Crippen molar-refractivity contribution in [2.45, 2.75) is 19.9 Å².